The van der Waals surface area contributed by atoms with E-state index in [-0.39, 0.29) is 0 Å². The van der Waals surface area contributed by atoms with Gasteiger partial charge >= 0.3 is 0 Å². The minimum Gasteiger partial charge on any atom is -0.389 e. The number of nitrogens with zero attached hydrogens (tertiary/aromatic N) is 1. The molecule has 0 fully saturated rings. The van der Waals surface area contributed by atoms with Crippen LogP contribution in [-0.4, -0.2) is 28.7 Å². The largest absolute Gasteiger partial charge is 0.389 e. The lowest BCUT2D eigenvalue weighted by atomic mass is 9.93. The first-order chi connectivity index (χ1) is 8.35. The number of fused-ring (bicyclic) bond motifs is 1. The third-order valence-electron chi connectivity index (χ3n) is 3.60. The highest BCUT2D eigenvalue weighted by molar-refractivity contribution is 5.35. The van der Waals surface area contributed by atoms with E-state index in [4.69, 9.17) is 0 Å². The first-order valence-corrected chi connectivity index (χ1v) is 6.91. The van der Waals surface area contributed by atoms with Crippen LogP contribution in [0.5, 0.6) is 0 Å². The van der Waals surface area contributed by atoms with Gasteiger partial charge in [0.2, 0.25) is 0 Å². The Labute approximate surface area is 111 Å². The highest BCUT2D eigenvalue weighted by Gasteiger charge is 2.22. The van der Waals surface area contributed by atoms with Gasteiger partial charge in [-0.15, -0.1) is 0 Å². The molecule has 0 atom stereocenters. The third-order valence-corrected chi connectivity index (χ3v) is 3.60. The van der Waals surface area contributed by atoms with Crippen LogP contribution in [0.1, 0.15) is 50.3 Å². The van der Waals surface area contributed by atoms with Crippen LogP contribution in [0.25, 0.3) is 0 Å². The Hall–Kier alpha value is -0.860. The van der Waals surface area contributed by atoms with Gasteiger partial charge in [0.1, 0.15) is 0 Å². The highest BCUT2D eigenvalue weighted by Crippen LogP contribution is 2.24. The number of β-amino-alcohol motifs (C(OH)–C–C–N with tert-alkyl or cyclic N) is 1. The molecule has 0 spiro atoms. The average molecular weight is 247 g/mol. The standard InChI is InChI=1S/C16H25NO/c1-12(2)14-6-5-13-7-8-17(10-15(13)9-14)11-16(3,4)18/h5-6,9,12,18H,7-8,10-11H2,1-4H3. The molecule has 0 saturated heterocycles. The van der Waals surface area contributed by atoms with Crippen LogP contribution in [0.3, 0.4) is 0 Å². The SMILES string of the molecule is CC(C)c1ccc2c(c1)CN(CC(C)(C)O)CC2. The number of benzene rings is 1. The van der Waals surface area contributed by atoms with Crippen molar-refractivity contribution >= 4 is 0 Å². The molecular formula is C16H25NO. The zero-order valence-corrected chi connectivity index (χ0v) is 12.0. The maximum atomic E-state index is 9.92. The Kier molecular flexibility index (Phi) is 3.79. The minimum absolute atomic E-state index is 0.583. The van der Waals surface area contributed by atoms with Gasteiger partial charge in [0, 0.05) is 19.6 Å². The molecule has 2 heteroatoms. The van der Waals surface area contributed by atoms with E-state index in [1.54, 1.807) is 0 Å². The summed E-state index contributed by atoms with van der Waals surface area (Å²) in [6, 6.07) is 6.89. The summed E-state index contributed by atoms with van der Waals surface area (Å²) in [5.74, 6) is 0.583. The van der Waals surface area contributed by atoms with Crippen molar-refractivity contribution in [3.05, 3.63) is 34.9 Å². The number of hydrogen-bond acceptors (Lipinski definition) is 2. The van der Waals surface area contributed by atoms with Crippen molar-refractivity contribution in [1.82, 2.24) is 4.90 Å². The summed E-state index contributed by atoms with van der Waals surface area (Å²) in [5, 5.41) is 9.92. The molecule has 1 N–H and O–H groups in total. The molecule has 0 saturated carbocycles. The summed E-state index contributed by atoms with van der Waals surface area (Å²) in [4.78, 5) is 2.35. The van der Waals surface area contributed by atoms with E-state index in [0.717, 1.165) is 26.1 Å². The van der Waals surface area contributed by atoms with E-state index in [2.05, 4.69) is 36.9 Å². The maximum Gasteiger partial charge on any atom is 0.0718 e. The zero-order chi connectivity index (χ0) is 13.3. The molecule has 0 radical (unpaired) electrons. The van der Waals surface area contributed by atoms with Crippen LogP contribution in [0.2, 0.25) is 0 Å². The molecule has 0 aromatic heterocycles. The van der Waals surface area contributed by atoms with Gasteiger partial charge in [0.15, 0.2) is 0 Å². The first kappa shape index (κ1) is 13.6. The summed E-state index contributed by atoms with van der Waals surface area (Å²) in [5.41, 5.74) is 3.73. The molecule has 0 unspecified atom stereocenters. The molecule has 100 valence electrons. The first-order valence-electron chi connectivity index (χ1n) is 6.91. The summed E-state index contributed by atoms with van der Waals surface area (Å²) >= 11 is 0. The van der Waals surface area contributed by atoms with Crippen LogP contribution in [0, 0.1) is 0 Å². The fourth-order valence-electron chi connectivity index (χ4n) is 2.68. The van der Waals surface area contributed by atoms with Crippen LogP contribution in [0.4, 0.5) is 0 Å². The van der Waals surface area contributed by atoms with E-state index < -0.39 is 5.60 Å². The van der Waals surface area contributed by atoms with Crippen molar-refractivity contribution in [2.45, 2.75) is 52.2 Å². The van der Waals surface area contributed by atoms with Gasteiger partial charge in [0.05, 0.1) is 5.60 Å². The van der Waals surface area contributed by atoms with E-state index >= 15 is 0 Å². The predicted molar refractivity (Wildman–Crippen MR) is 75.8 cm³/mol. The van der Waals surface area contributed by atoms with Crippen molar-refractivity contribution in [2.24, 2.45) is 0 Å². The zero-order valence-electron chi connectivity index (χ0n) is 12.0. The molecule has 1 heterocycles. The monoisotopic (exact) mass is 247 g/mol. The fourth-order valence-corrected chi connectivity index (χ4v) is 2.68. The van der Waals surface area contributed by atoms with Gasteiger partial charge in [-0.3, -0.25) is 4.90 Å². The van der Waals surface area contributed by atoms with Crippen molar-refractivity contribution in [1.29, 1.82) is 0 Å². The minimum atomic E-state index is -0.604. The van der Waals surface area contributed by atoms with E-state index in [1.165, 1.54) is 16.7 Å². The quantitative estimate of drug-likeness (QED) is 0.887. The average Bonchev–Trinajstić information content (AvgIpc) is 2.25. The molecule has 18 heavy (non-hydrogen) atoms. The second kappa shape index (κ2) is 5.02. The number of aliphatic hydroxyl groups is 1. The van der Waals surface area contributed by atoms with Gasteiger partial charge in [0.25, 0.3) is 0 Å². The fraction of sp³-hybridized carbons (Fsp3) is 0.625. The van der Waals surface area contributed by atoms with Gasteiger partial charge < -0.3 is 5.11 Å². The number of rotatable bonds is 3. The predicted octanol–water partition coefficient (Wildman–Crippen LogP) is 2.94. The van der Waals surface area contributed by atoms with E-state index in [1.807, 2.05) is 13.8 Å². The lowest BCUT2D eigenvalue weighted by Crippen LogP contribution is -2.41. The topological polar surface area (TPSA) is 23.5 Å². The smallest absolute Gasteiger partial charge is 0.0718 e. The van der Waals surface area contributed by atoms with Crippen molar-refractivity contribution in [3.63, 3.8) is 0 Å². The summed E-state index contributed by atoms with van der Waals surface area (Å²) in [6.45, 7) is 11.0. The van der Waals surface area contributed by atoms with Gasteiger partial charge in [-0.1, -0.05) is 32.0 Å². The lowest BCUT2D eigenvalue weighted by molar-refractivity contribution is 0.0317. The van der Waals surface area contributed by atoms with Gasteiger partial charge in [-0.05, 0) is 42.9 Å². The molecule has 2 rings (SSSR count). The molecule has 1 aliphatic heterocycles. The van der Waals surface area contributed by atoms with Crippen molar-refractivity contribution < 1.29 is 5.11 Å². The van der Waals surface area contributed by atoms with E-state index in [9.17, 15) is 5.11 Å². The van der Waals surface area contributed by atoms with Crippen LogP contribution in [-0.2, 0) is 13.0 Å². The normalized spacial score (nSPS) is 17.0. The Morgan fingerprint density at radius 1 is 1.28 bits per heavy atom. The van der Waals surface area contributed by atoms with Gasteiger partial charge in [-0.25, -0.2) is 0 Å². The molecule has 0 bridgehead atoms. The Morgan fingerprint density at radius 3 is 2.61 bits per heavy atom. The van der Waals surface area contributed by atoms with Crippen molar-refractivity contribution in [2.75, 3.05) is 13.1 Å². The summed E-state index contributed by atoms with van der Waals surface area (Å²) in [6.07, 6.45) is 1.10. The highest BCUT2D eigenvalue weighted by atomic mass is 16.3. The second-order valence-corrected chi connectivity index (χ2v) is 6.46. The molecule has 1 aliphatic rings. The molecule has 0 aliphatic carbocycles. The summed E-state index contributed by atoms with van der Waals surface area (Å²) < 4.78 is 0. The third kappa shape index (κ3) is 3.33. The molecule has 2 nitrogen and oxygen atoms in total. The van der Waals surface area contributed by atoms with E-state index in [0.29, 0.717) is 5.92 Å². The Morgan fingerprint density at radius 2 is 2.00 bits per heavy atom. The van der Waals surface area contributed by atoms with Gasteiger partial charge in [-0.2, -0.15) is 0 Å². The summed E-state index contributed by atoms with van der Waals surface area (Å²) in [7, 11) is 0. The molecule has 1 aromatic rings. The van der Waals surface area contributed by atoms with Crippen molar-refractivity contribution in [3.8, 4) is 0 Å². The van der Waals surface area contributed by atoms with Crippen LogP contribution < -0.4 is 0 Å². The molecular weight excluding hydrogens is 222 g/mol. The molecule has 1 aromatic carbocycles. The lowest BCUT2D eigenvalue weighted by Gasteiger charge is -2.33. The van der Waals surface area contributed by atoms with Crippen LogP contribution in [0.15, 0.2) is 18.2 Å². The number of hydrogen-bond donors (Lipinski definition) is 1. The second-order valence-electron chi connectivity index (χ2n) is 6.46. The maximum absolute atomic E-state index is 9.92. The molecule has 0 amide bonds. The Bertz CT molecular complexity index is 418. The van der Waals surface area contributed by atoms with Crippen LogP contribution >= 0.6 is 0 Å². The Balaban J connectivity index is 2.14.